The molecule has 0 aliphatic rings. The molecule has 0 amide bonds. The molecule has 0 aromatic heterocycles. The predicted octanol–water partition coefficient (Wildman–Crippen LogP) is 6.36. The van der Waals surface area contributed by atoms with E-state index in [1.165, 1.54) is 12.8 Å². The summed E-state index contributed by atoms with van der Waals surface area (Å²) in [6.45, 7) is 24.0. The van der Waals surface area contributed by atoms with Crippen molar-refractivity contribution >= 4 is 0 Å². The molecule has 0 spiro atoms. The fourth-order valence-corrected chi connectivity index (χ4v) is 3.44. The van der Waals surface area contributed by atoms with E-state index in [1.807, 2.05) is 0 Å². The van der Waals surface area contributed by atoms with E-state index in [-0.39, 0.29) is 0 Å². The lowest BCUT2D eigenvalue weighted by molar-refractivity contribution is -0.0167. The van der Waals surface area contributed by atoms with Crippen LogP contribution in [0.2, 0.25) is 0 Å². The highest BCUT2D eigenvalue weighted by atomic mass is 14.5. The molecule has 1 radical (unpaired) electrons. The molecule has 0 aromatic carbocycles. The monoisotopic (exact) mass is 253 g/mol. The Morgan fingerprint density at radius 3 is 1.67 bits per heavy atom. The summed E-state index contributed by atoms with van der Waals surface area (Å²) in [5.74, 6) is 3.76. The van der Waals surface area contributed by atoms with Crippen molar-refractivity contribution in [2.75, 3.05) is 0 Å². The van der Waals surface area contributed by atoms with Gasteiger partial charge in [-0.15, -0.1) is 0 Å². The van der Waals surface area contributed by atoms with Crippen LogP contribution < -0.4 is 0 Å². The smallest absolute Gasteiger partial charge is 0.0213 e. The lowest BCUT2D eigenvalue weighted by Crippen LogP contribution is -2.45. The highest BCUT2D eigenvalue weighted by Crippen LogP contribution is 2.55. The van der Waals surface area contributed by atoms with Gasteiger partial charge in [-0.1, -0.05) is 75.7 Å². The molecule has 0 aromatic rings. The zero-order chi connectivity index (χ0) is 14.7. The summed E-state index contributed by atoms with van der Waals surface area (Å²) in [7, 11) is 0. The lowest BCUT2D eigenvalue weighted by Gasteiger charge is -2.53. The maximum Gasteiger partial charge on any atom is -0.0213 e. The molecule has 0 N–H and O–H groups in total. The van der Waals surface area contributed by atoms with Crippen molar-refractivity contribution in [3.8, 4) is 0 Å². The Bertz CT molecular complexity index is 236. The Balaban J connectivity index is 5.29. The van der Waals surface area contributed by atoms with Crippen LogP contribution in [-0.2, 0) is 0 Å². The second kappa shape index (κ2) is 6.44. The normalized spacial score (nSPS) is 18.5. The molecule has 0 rings (SSSR count). The van der Waals surface area contributed by atoms with Gasteiger partial charge in [-0.05, 0) is 40.9 Å². The Kier molecular flexibility index (Phi) is 6.44. The molecule has 109 valence electrons. The summed E-state index contributed by atoms with van der Waals surface area (Å²) >= 11 is 0. The minimum absolute atomic E-state index is 0.353. The minimum atomic E-state index is 0.353. The Morgan fingerprint density at radius 2 is 1.39 bits per heavy atom. The largest absolute Gasteiger partial charge is 0.0654 e. The van der Waals surface area contributed by atoms with E-state index in [0.29, 0.717) is 22.7 Å². The van der Waals surface area contributed by atoms with E-state index in [9.17, 15) is 0 Å². The highest BCUT2D eigenvalue weighted by Gasteiger charge is 2.47. The zero-order valence-electron chi connectivity index (χ0n) is 14.6. The highest BCUT2D eigenvalue weighted by molar-refractivity contribution is 5.05. The number of rotatable bonds is 7. The summed E-state index contributed by atoms with van der Waals surface area (Å²) in [5.41, 5.74) is 0.767. The maximum absolute atomic E-state index is 2.51. The first-order chi connectivity index (χ1) is 8.02. The van der Waals surface area contributed by atoms with Gasteiger partial charge >= 0.3 is 0 Å². The van der Waals surface area contributed by atoms with E-state index in [0.717, 1.165) is 5.92 Å². The van der Waals surface area contributed by atoms with Crippen molar-refractivity contribution in [1.82, 2.24) is 0 Å². The molecule has 0 saturated carbocycles. The van der Waals surface area contributed by atoms with Crippen LogP contribution in [0.1, 0.15) is 82.1 Å². The quantitative estimate of drug-likeness (QED) is 0.495. The van der Waals surface area contributed by atoms with Gasteiger partial charge < -0.3 is 0 Å². The molecular formula is C18H37. The van der Waals surface area contributed by atoms with Gasteiger partial charge in [-0.3, -0.25) is 0 Å². The predicted molar refractivity (Wildman–Crippen MR) is 84.6 cm³/mol. The third kappa shape index (κ3) is 3.31. The van der Waals surface area contributed by atoms with Crippen LogP contribution in [0.3, 0.4) is 0 Å². The van der Waals surface area contributed by atoms with Crippen molar-refractivity contribution in [1.29, 1.82) is 0 Å². The van der Waals surface area contributed by atoms with Gasteiger partial charge in [0.15, 0.2) is 0 Å². The first-order valence-electron chi connectivity index (χ1n) is 7.85. The summed E-state index contributed by atoms with van der Waals surface area (Å²) in [4.78, 5) is 0. The second-order valence-electron chi connectivity index (χ2n) is 7.66. The molecular weight excluding hydrogens is 216 g/mol. The summed E-state index contributed by atoms with van der Waals surface area (Å²) < 4.78 is 0. The maximum atomic E-state index is 2.51. The van der Waals surface area contributed by atoms with Crippen molar-refractivity contribution in [3.63, 3.8) is 0 Å². The van der Waals surface area contributed by atoms with Crippen LogP contribution in [0, 0.1) is 34.5 Å². The minimum Gasteiger partial charge on any atom is -0.0654 e. The molecule has 0 fully saturated rings. The molecule has 0 heterocycles. The van der Waals surface area contributed by atoms with Crippen molar-refractivity contribution in [2.45, 2.75) is 82.1 Å². The molecule has 2 atom stereocenters. The summed E-state index contributed by atoms with van der Waals surface area (Å²) in [6.07, 6.45) is 2.61. The van der Waals surface area contributed by atoms with Crippen LogP contribution in [0.4, 0.5) is 0 Å². The molecule has 0 nitrogen and oxygen atoms in total. The van der Waals surface area contributed by atoms with Gasteiger partial charge in [0.05, 0.1) is 0 Å². The fraction of sp³-hybridized carbons (Fsp3) is 0.944. The van der Waals surface area contributed by atoms with Crippen LogP contribution in [0.5, 0.6) is 0 Å². The Morgan fingerprint density at radius 1 is 0.944 bits per heavy atom. The fourth-order valence-electron chi connectivity index (χ4n) is 3.44. The SMILES string of the molecule is CCCC(C)(C(C)C)C(C)(C)C(C)[C](C)C(C)C. The van der Waals surface area contributed by atoms with Crippen LogP contribution >= 0.6 is 0 Å². The summed E-state index contributed by atoms with van der Waals surface area (Å²) in [5, 5.41) is 0. The van der Waals surface area contributed by atoms with Gasteiger partial charge in [-0.25, -0.2) is 0 Å². The molecule has 0 heteroatoms. The Labute approximate surface area is 117 Å². The average Bonchev–Trinajstić information content (AvgIpc) is 2.26. The van der Waals surface area contributed by atoms with Crippen molar-refractivity contribution < 1.29 is 0 Å². The zero-order valence-corrected chi connectivity index (χ0v) is 14.6. The third-order valence-corrected chi connectivity index (χ3v) is 6.19. The average molecular weight is 253 g/mol. The van der Waals surface area contributed by atoms with E-state index in [2.05, 4.69) is 69.2 Å². The molecule has 0 saturated heterocycles. The van der Waals surface area contributed by atoms with E-state index in [4.69, 9.17) is 0 Å². The first-order valence-corrected chi connectivity index (χ1v) is 7.85. The van der Waals surface area contributed by atoms with E-state index in [1.54, 1.807) is 5.92 Å². The molecule has 0 aliphatic carbocycles. The van der Waals surface area contributed by atoms with E-state index < -0.39 is 0 Å². The van der Waals surface area contributed by atoms with Gasteiger partial charge in [0.2, 0.25) is 0 Å². The van der Waals surface area contributed by atoms with Gasteiger partial charge in [0, 0.05) is 0 Å². The van der Waals surface area contributed by atoms with Gasteiger partial charge in [-0.2, -0.15) is 0 Å². The Hall–Kier alpha value is 0. The van der Waals surface area contributed by atoms with Crippen molar-refractivity contribution in [3.05, 3.63) is 5.92 Å². The van der Waals surface area contributed by atoms with Crippen LogP contribution in [0.15, 0.2) is 0 Å². The topological polar surface area (TPSA) is 0 Å². The molecule has 0 aliphatic heterocycles. The second-order valence-corrected chi connectivity index (χ2v) is 7.66. The third-order valence-electron chi connectivity index (χ3n) is 6.19. The molecule has 2 unspecified atom stereocenters. The standard InChI is InChI=1S/C18H37/c1-11-12-18(10,14(4)5)17(8,9)16(7)15(6)13(2)3/h13-14,16H,11-12H2,1-10H3. The number of hydrogen-bond acceptors (Lipinski definition) is 0. The first kappa shape index (κ1) is 18.0. The van der Waals surface area contributed by atoms with Crippen molar-refractivity contribution in [2.24, 2.45) is 28.6 Å². The van der Waals surface area contributed by atoms with Gasteiger partial charge in [0.1, 0.15) is 0 Å². The lowest BCUT2D eigenvalue weighted by atomic mass is 9.52. The van der Waals surface area contributed by atoms with Gasteiger partial charge in [0.25, 0.3) is 0 Å². The molecule has 0 bridgehead atoms. The van der Waals surface area contributed by atoms with Crippen LogP contribution in [0.25, 0.3) is 0 Å². The number of hydrogen-bond donors (Lipinski definition) is 0. The van der Waals surface area contributed by atoms with Crippen LogP contribution in [-0.4, -0.2) is 0 Å². The van der Waals surface area contributed by atoms with E-state index >= 15 is 0 Å². The summed E-state index contributed by atoms with van der Waals surface area (Å²) in [6, 6.07) is 0. The molecule has 18 heavy (non-hydrogen) atoms.